The summed E-state index contributed by atoms with van der Waals surface area (Å²) in [5, 5.41) is 9.84. The molecule has 4 heteroatoms. The maximum absolute atomic E-state index is 13.6. The molecule has 0 aliphatic carbocycles. The van der Waals surface area contributed by atoms with Crippen LogP contribution >= 0.6 is 0 Å². The number of nitrogens with zero attached hydrogens (tertiary/aromatic N) is 2. The van der Waals surface area contributed by atoms with Crippen LogP contribution in [0, 0.1) is 5.92 Å². The molecule has 0 spiro atoms. The van der Waals surface area contributed by atoms with Crippen LogP contribution in [-0.4, -0.2) is 46.0 Å². The second-order valence-corrected chi connectivity index (χ2v) is 10.4. The van der Waals surface area contributed by atoms with E-state index < -0.39 is 0 Å². The first-order valence-electron chi connectivity index (χ1n) is 14.0. The van der Waals surface area contributed by atoms with Crippen molar-refractivity contribution in [3.8, 4) is 0 Å². The van der Waals surface area contributed by atoms with Crippen molar-refractivity contribution in [2.75, 3.05) is 13.2 Å². The molecule has 206 valence electrons. The lowest BCUT2D eigenvalue weighted by atomic mass is 9.93. The Bertz CT molecular complexity index is 1000. The van der Waals surface area contributed by atoms with Crippen LogP contribution in [0.1, 0.15) is 69.1 Å². The summed E-state index contributed by atoms with van der Waals surface area (Å²) < 4.78 is 0. The molecule has 0 aromatic heterocycles. The summed E-state index contributed by atoms with van der Waals surface area (Å²) in [4.78, 5) is 18.0. The van der Waals surface area contributed by atoms with Gasteiger partial charge in [0.1, 0.15) is 0 Å². The molecule has 4 unspecified atom stereocenters. The average molecular weight is 517 g/mol. The monoisotopic (exact) mass is 516 g/mol. The van der Waals surface area contributed by atoms with Crippen molar-refractivity contribution in [3.63, 3.8) is 0 Å². The van der Waals surface area contributed by atoms with Crippen LogP contribution in [0.15, 0.2) is 92.6 Å². The number of allylic oxidation sites excluding steroid dienone is 2. The lowest BCUT2D eigenvalue weighted by molar-refractivity contribution is -0.134. The standard InChI is InChI=1S/C34H48N2O2/c1-7-15-28(6)36(25-29-17-12-11-13-18-29)34(38)22-32(10-4)33-20-14-19-30(21-33)23-35(27(5)9-3)24-31(26-37)16-8-2/h7-8,10-14,17-21,27-28,31-32,37H,1-2,4,9,15-16,22-26H2,3,5-6H3. The molecule has 4 nitrogen and oxygen atoms in total. The molecule has 2 aromatic rings. The van der Waals surface area contributed by atoms with Crippen molar-refractivity contribution in [1.29, 1.82) is 0 Å². The van der Waals surface area contributed by atoms with Crippen LogP contribution in [0.4, 0.5) is 0 Å². The zero-order valence-electron chi connectivity index (χ0n) is 23.8. The van der Waals surface area contributed by atoms with E-state index in [1.165, 1.54) is 5.56 Å². The predicted molar refractivity (Wildman–Crippen MR) is 161 cm³/mol. The largest absolute Gasteiger partial charge is 0.396 e. The molecule has 0 heterocycles. The van der Waals surface area contributed by atoms with E-state index in [1.807, 2.05) is 41.3 Å². The van der Waals surface area contributed by atoms with E-state index in [0.717, 1.165) is 43.5 Å². The maximum Gasteiger partial charge on any atom is 0.224 e. The van der Waals surface area contributed by atoms with Gasteiger partial charge in [0.05, 0.1) is 0 Å². The number of rotatable bonds is 18. The van der Waals surface area contributed by atoms with Crippen LogP contribution in [0.25, 0.3) is 0 Å². The summed E-state index contributed by atoms with van der Waals surface area (Å²) in [6.45, 7) is 20.7. The van der Waals surface area contributed by atoms with Gasteiger partial charge in [0.25, 0.3) is 0 Å². The molecule has 0 fully saturated rings. The van der Waals surface area contributed by atoms with Crippen LogP contribution in [0.5, 0.6) is 0 Å². The zero-order valence-corrected chi connectivity index (χ0v) is 23.8. The Labute approximate surface area is 231 Å². The summed E-state index contributed by atoms with van der Waals surface area (Å²) in [6.07, 6.45) is 8.63. The zero-order chi connectivity index (χ0) is 27.9. The number of benzene rings is 2. The quantitative estimate of drug-likeness (QED) is 0.214. The minimum absolute atomic E-state index is 0.0659. The Hall–Kier alpha value is -2.95. The normalized spacial score (nSPS) is 14.3. The third-order valence-electron chi connectivity index (χ3n) is 7.46. The van der Waals surface area contributed by atoms with E-state index in [1.54, 1.807) is 0 Å². The maximum atomic E-state index is 13.6. The van der Waals surface area contributed by atoms with Gasteiger partial charge in [-0.3, -0.25) is 9.69 Å². The minimum Gasteiger partial charge on any atom is -0.396 e. The molecule has 0 radical (unpaired) electrons. The molecule has 4 atom stereocenters. The molecule has 0 bridgehead atoms. The lowest BCUT2D eigenvalue weighted by Gasteiger charge is -2.32. The third kappa shape index (κ3) is 9.74. The van der Waals surface area contributed by atoms with E-state index >= 15 is 0 Å². The predicted octanol–water partition coefficient (Wildman–Crippen LogP) is 7.12. The number of carbonyl (C=O) groups is 1. The first-order valence-corrected chi connectivity index (χ1v) is 14.0. The summed E-state index contributed by atoms with van der Waals surface area (Å²) in [5.74, 6) is 0.228. The van der Waals surface area contributed by atoms with E-state index in [2.05, 4.69) is 81.8 Å². The van der Waals surface area contributed by atoms with E-state index in [-0.39, 0.29) is 30.4 Å². The van der Waals surface area contributed by atoms with Gasteiger partial charge in [0.15, 0.2) is 0 Å². The fraction of sp³-hybridized carbons (Fsp3) is 0.441. The van der Waals surface area contributed by atoms with Gasteiger partial charge in [0.2, 0.25) is 5.91 Å². The fourth-order valence-corrected chi connectivity index (χ4v) is 4.87. The Morgan fingerprint density at radius 2 is 1.61 bits per heavy atom. The molecule has 0 saturated heterocycles. The van der Waals surface area contributed by atoms with Gasteiger partial charge in [0, 0.05) is 50.7 Å². The Kier molecular flexibility index (Phi) is 13.8. The summed E-state index contributed by atoms with van der Waals surface area (Å²) >= 11 is 0. The lowest BCUT2D eigenvalue weighted by Crippen LogP contribution is -2.38. The van der Waals surface area contributed by atoms with Crippen molar-refractivity contribution in [1.82, 2.24) is 9.80 Å². The highest BCUT2D eigenvalue weighted by Gasteiger charge is 2.23. The number of hydrogen-bond donors (Lipinski definition) is 1. The second-order valence-electron chi connectivity index (χ2n) is 10.4. The summed E-state index contributed by atoms with van der Waals surface area (Å²) in [7, 11) is 0. The van der Waals surface area contributed by atoms with Gasteiger partial charge in [-0.1, -0.05) is 79.7 Å². The Morgan fingerprint density at radius 3 is 2.21 bits per heavy atom. The van der Waals surface area contributed by atoms with Crippen LogP contribution in [0.3, 0.4) is 0 Å². The molecular weight excluding hydrogens is 468 g/mol. The molecule has 0 aliphatic heterocycles. The number of aliphatic hydroxyl groups excluding tert-OH is 1. The average Bonchev–Trinajstić information content (AvgIpc) is 2.94. The van der Waals surface area contributed by atoms with E-state index in [0.29, 0.717) is 19.0 Å². The van der Waals surface area contributed by atoms with Gasteiger partial charge in [-0.05, 0) is 55.7 Å². The first kappa shape index (κ1) is 31.3. The van der Waals surface area contributed by atoms with Crippen LogP contribution in [-0.2, 0) is 17.9 Å². The summed E-state index contributed by atoms with van der Waals surface area (Å²) in [5.41, 5.74) is 3.44. The Morgan fingerprint density at radius 1 is 0.921 bits per heavy atom. The number of carbonyl (C=O) groups excluding carboxylic acids is 1. The molecule has 1 N–H and O–H groups in total. The SMILES string of the molecule is C=CCC(CO)CN(Cc1cccc(C(C=C)CC(=O)N(Cc2ccccc2)C(C)CC=C)c1)C(C)CC. The van der Waals surface area contributed by atoms with Crippen molar-refractivity contribution in [2.24, 2.45) is 5.92 Å². The number of hydrogen-bond acceptors (Lipinski definition) is 3. The van der Waals surface area contributed by atoms with Crippen molar-refractivity contribution in [2.45, 2.75) is 77.5 Å². The molecule has 1 amide bonds. The van der Waals surface area contributed by atoms with Crippen molar-refractivity contribution in [3.05, 3.63) is 109 Å². The van der Waals surface area contributed by atoms with Crippen molar-refractivity contribution < 1.29 is 9.90 Å². The topological polar surface area (TPSA) is 43.8 Å². The molecule has 0 saturated carbocycles. The van der Waals surface area contributed by atoms with Gasteiger partial charge in [-0.25, -0.2) is 0 Å². The summed E-state index contributed by atoms with van der Waals surface area (Å²) in [6, 6.07) is 19.1. The molecule has 0 aliphatic rings. The smallest absolute Gasteiger partial charge is 0.224 e. The van der Waals surface area contributed by atoms with Crippen LogP contribution < -0.4 is 0 Å². The minimum atomic E-state index is -0.0698. The third-order valence-corrected chi connectivity index (χ3v) is 7.46. The van der Waals surface area contributed by atoms with Gasteiger partial charge in [-0.2, -0.15) is 0 Å². The second kappa shape index (κ2) is 16.8. The van der Waals surface area contributed by atoms with E-state index in [9.17, 15) is 9.90 Å². The fourth-order valence-electron chi connectivity index (χ4n) is 4.87. The van der Waals surface area contributed by atoms with E-state index in [4.69, 9.17) is 0 Å². The highest BCUT2D eigenvalue weighted by atomic mass is 16.3. The first-order chi connectivity index (χ1) is 18.4. The van der Waals surface area contributed by atoms with Crippen molar-refractivity contribution >= 4 is 5.91 Å². The highest BCUT2D eigenvalue weighted by molar-refractivity contribution is 5.78. The van der Waals surface area contributed by atoms with Crippen LogP contribution in [0.2, 0.25) is 0 Å². The molecule has 38 heavy (non-hydrogen) atoms. The highest BCUT2D eigenvalue weighted by Crippen LogP contribution is 2.26. The number of aliphatic hydroxyl groups is 1. The Balaban J connectivity index is 2.21. The van der Waals surface area contributed by atoms with Gasteiger partial charge in [-0.15, -0.1) is 19.7 Å². The number of amides is 1. The molecular formula is C34H48N2O2. The van der Waals surface area contributed by atoms with Gasteiger partial charge >= 0.3 is 0 Å². The van der Waals surface area contributed by atoms with Gasteiger partial charge < -0.3 is 10.0 Å². The molecule has 2 rings (SSSR count). The molecule has 2 aromatic carbocycles.